The largest absolute Gasteiger partial charge is 0.365 e. The zero-order valence-electron chi connectivity index (χ0n) is 12.4. The molecule has 5 heteroatoms. The van der Waals surface area contributed by atoms with Gasteiger partial charge in [-0.25, -0.2) is 0 Å². The molecule has 0 bridgehead atoms. The molecule has 3 aromatic rings. The van der Waals surface area contributed by atoms with Crippen LogP contribution in [0.4, 0.5) is 11.6 Å². The molecule has 0 aliphatic heterocycles. The Bertz CT molecular complexity index is 758. The number of benzene rings is 2. The van der Waals surface area contributed by atoms with Crippen molar-refractivity contribution in [1.82, 2.24) is 10.2 Å². The van der Waals surface area contributed by atoms with Crippen molar-refractivity contribution in [3.05, 3.63) is 83.9 Å². The van der Waals surface area contributed by atoms with Crippen molar-refractivity contribution < 1.29 is 4.79 Å². The minimum absolute atomic E-state index is 0.204. The summed E-state index contributed by atoms with van der Waals surface area (Å²) in [5.74, 6) is 0.876. The van der Waals surface area contributed by atoms with E-state index in [9.17, 15) is 4.79 Å². The minimum atomic E-state index is -0.204. The first-order valence-corrected chi connectivity index (χ1v) is 7.29. The van der Waals surface area contributed by atoms with E-state index in [1.165, 1.54) is 0 Å². The molecule has 0 aliphatic rings. The molecule has 0 atom stereocenters. The highest BCUT2D eigenvalue weighted by Crippen LogP contribution is 2.09. The minimum Gasteiger partial charge on any atom is -0.365 e. The summed E-state index contributed by atoms with van der Waals surface area (Å²) in [6.45, 7) is 0.672. The summed E-state index contributed by atoms with van der Waals surface area (Å²) < 4.78 is 0. The number of amides is 1. The highest BCUT2D eigenvalue weighted by molar-refractivity contribution is 6.03. The SMILES string of the molecule is O=C(Nc1ccc(NCc2ccccc2)nn1)c1ccccc1. The summed E-state index contributed by atoms with van der Waals surface area (Å²) in [6, 6.07) is 22.5. The van der Waals surface area contributed by atoms with Crippen LogP contribution < -0.4 is 10.6 Å². The first kappa shape index (κ1) is 14.7. The molecule has 0 unspecified atom stereocenters. The molecule has 3 rings (SSSR count). The molecule has 0 fully saturated rings. The van der Waals surface area contributed by atoms with Crippen molar-refractivity contribution in [2.24, 2.45) is 0 Å². The number of anilines is 2. The Morgan fingerprint density at radius 1 is 0.783 bits per heavy atom. The van der Waals surface area contributed by atoms with Gasteiger partial charge in [-0.05, 0) is 29.8 Å². The molecule has 5 nitrogen and oxygen atoms in total. The molecular formula is C18H16N4O. The Morgan fingerprint density at radius 2 is 1.39 bits per heavy atom. The predicted octanol–water partition coefficient (Wildman–Crippen LogP) is 3.34. The van der Waals surface area contributed by atoms with E-state index >= 15 is 0 Å². The fourth-order valence-corrected chi connectivity index (χ4v) is 2.06. The first-order chi connectivity index (χ1) is 11.3. The highest BCUT2D eigenvalue weighted by Gasteiger charge is 2.06. The van der Waals surface area contributed by atoms with Crippen LogP contribution in [-0.4, -0.2) is 16.1 Å². The van der Waals surface area contributed by atoms with Crippen LogP contribution in [0.25, 0.3) is 0 Å². The van der Waals surface area contributed by atoms with Gasteiger partial charge in [-0.1, -0.05) is 48.5 Å². The Labute approximate surface area is 134 Å². The van der Waals surface area contributed by atoms with Gasteiger partial charge in [-0.15, -0.1) is 10.2 Å². The van der Waals surface area contributed by atoms with E-state index in [0.717, 1.165) is 5.56 Å². The van der Waals surface area contributed by atoms with Crippen LogP contribution in [0.2, 0.25) is 0 Å². The van der Waals surface area contributed by atoms with Gasteiger partial charge in [0.1, 0.15) is 5.82 Å². The van der Waals surface area contributed by atoms with E-state index in [-0.39, 0.29) is 5.91 Å². The summed E-state index contributed by atoms with van der Waals surface area (Å²) in [6.07, 6.45) is 0. The lowest BCUT2D eigenvalue weighted by Gasteiger charge is -2.07. The zero-order valence-corrected chi connectivity index (χ0v) is 12.4. The van der Waals surface area contributed by atoms with E-state index in [0.29, 0.717) is 23.7 Å². The van der Waals surface area contributed by atoms with Crippen LogP contribution in [0, 0.1) is 0 Å². The fraction of sp³-hybridized carbons (Fsp3) is 0.0556. The molecule has 23 heavy (non-hydrogen) atoms. The lowest BCUT2D eigenvalue weighted by atomic mass is 10.2. The van der Waals surface area contributed by atoms with E-state index in [1.54, 1.807) is 24.3 Å². The first-order valence-electron chi connectivity index (χ1n) is 7.29. The lowest BCUT2D eigenvalue weighted by molar-refractivity contribution is 0.102. The predicted molar refractivity (Wildman–Crippen MR) is 90.2 cm³/mol. The molecule has 2 N–H and O–H groups in total. The van der Waals surface area contributed by atoms with Crippen molar-refractivity contribution in [3.8, 4) is 0 Å². The summed E-state index contributed by atoms with van der Waals surface area (Å²) in [5, 5.41) is 14.0. The number of hydrogen-bond acceptors (Lipinski definition) is 4. The van der Waals surface area contributed by atoms with E-state index in [1.807, 2.05) is 48.5 Å². The monoisotopic (exact) mass is 304 g/mol. The third-order valence-corrected chi connectivity index (χ3v) is 3.26. The second-order valence-corrected chi connectivity index (χ2v) is 4.96. The van der Waals surface area contributed by atoms with E-state index < -0.39 is 0 Å². The molecule has 1 aromatic heterocycles. The Kier molecular flexibility index (Phi) is 4.59. The van der Waals surface area contributed by atoms with Gasteiger partial charge in [0.15, 0.2) is 5.82 Å². The van der Waals surface area contributed by atoms with Crippen molar-refractivity contribution in [3.63, 3.8) is 0 Å². The summed E-state index contributed by atoms with van der Waals surface area (Å²) in [4.78, 5) is 12.0. The van der Waals surface area contributed by atoms with Crippen LogP contribution in [0.5, 0.6) is 0 Å². The number of aromatic nitrogens is 2. The Hall–Kier alpha value is -3.21. The standard InChI is InChI=1S/C18H16N4O/c23-18(15-9-5-2-6-10-15)20-17-12-11-16(21-22-17)19-13-14-7-3-1-4-8-14/h1-12H,13H2,(H,19,21)(H,20,22,23). The normalized spacial score (nSPS) is 10.1. The van der Waals surface area contributed by atoms with Crippen molar-refractivity contribution >= 4 is 17.5 Å². The third-order valence-electron chi connectivity index (χ3n) is 3.26. The average Bonchev–Trinajstić information content (AvgIpc) is 2.63. The van der Waals surface area contributed by atoms with Crippen LogP contribution in [-0.2, 0) is 6.54 Å². The second-order valence-electron chi connectivity index (χ2n) is 4.96. The van der Waals surface area contributed by atoms with Crippen molar-refractivity contribution in [2.45, 2.75) is 6.54 Å². The molecule has 1 amide bonds. The smallest absolute Gasteiger partial charge is 0.256 e. The molecular weight excluding hydrogens is 288 g/mol. The molecule has 0 aliphatic carbocycles. The van der Waals surface area contributed by atoms with E-state index in [2.05, 4.69) is 20.8 Å². The van der Waals surface area contributed by atoms with Gasteiger partial charge < -0.3 is 10.6 Å². The zero-order chi connectivity index (χ0) is 15.9. The maximum absolute atomic E-state index is 12.0. The van der Waals surface area contributed by atoms with E-state index in [4.69, 9.17) is 0 Å². The number of nitrogens with zero attached hydrogens (tertiary/aromatic N) is 2. The van der Waals surface area contributed by atoms with Crippen LogP contribution >= 0.6 is 0 Å². The Morgan fingerprint density at radius 3 is 2.04 bits per heavy atom. The number of carbonyl (C=O) groups excluding carboxylic acids is 1. The van der Waals surface area contributed by atoms with Crippen LogP contribution in [0.3, 0.4) is 0 Å². The maximum atomic E-state index is 12.0. The van der Waals surface area contributed by atoms with Gasteiger partial charge in [-0.2, -0.15) is 0 Å². The molecule has 1 heterocycles. The number of hydrogen-bond donors (Lipinski definition) is 2. The average molecular weight is 304 g/mol. The van der Waals surface area contributed by atoms with Crippen LogP contribution in [0.1, 0.15) is 15.9 Å². The van der Waals surface area contributed by atoms with Gasteiger partial charge in [0, 0.05) is 12.1 Å². The molecule has 0 saturated heterocycles. The highest BCUT2D eigenvalue weighted by atomic mass is 16.1. The van der Waals surface area contributed by atoms with Gasteiger partial charge in [0.05, 0.1) is 0 Å². The number of rotatable bonds is 5. The second kappa shape index (κ2) is 7.17. The maximum Gasteiger partial charge on any atom is 0.256 e. The molecule has 0 spiro atoms. The molecule has 2 aromatic carbocycles. The van der Waals surface area contributed by atoms with Gasteiger partial charge in [0.25, 0.3) is 5.91 Å². The molecule has 0 saturated carbocycles. The topological polar surface area (TPSA) is 66.9 Å². The summed E-state index contributed by atoms with van der Waals surface area (Å²) in [5.41, 5.74) is 1.75. The summed E-state index contributed by atoms with van der Waals surface area (Å²) >= 11 is 0. The fourth-order valence-electron chi connectivity index (χ4n) is 2.06. The van der Waals surface area contributed by atoms with Gasteiger partial charge in [0.2, 0.25) is 0 Å². The van der Waals surface area contributed by atoms with Crippen molar-refractivity contribution in [1.29, 1.82) is 0 Å². The quantitative estimate of drug-likeness (QED) is 0.758. The number of carbonyl (C=O) groups is 1. The van der Waals surface area contributed by atoms with Gasteiger partial charge in [-0.3, -0.25) is 4.79 Å². The molecule has 114 valence electrons. The Balaban J connectivity index is 1.58. The lowest BCUT2D eigenvalue weighted by Crippen LogP contribution is -2.13. The third kappa shape index (κ3) is 4.14. The van der Waals surface area contributed by atoms with Crippen LogP contribution in [0.15, 0.2) is 72.8 Å². The summed E-state index contributed by atoms with van der Waals surface area (Å²) in [7, 11) is 0. The molecule has 0 radical (unpaired) electrons. The van der Waals surface area contributed by atoms with Gasteiger partial charge >= 0.3 is 0 Å². The van der Waals surface area contributed by atoms with Crippen molar-refractivity contribution in [2.75, 3.05) is 10.6 Å². The number of nitrogens with one attached hydrogen (secondary N) is 2.